The standard InChI is InChI=1S/C12H13F3N4O2/c1-6-5-11(21,12(13,14)15)19(18-6)10(20)9-4-8(16-17-9)7-2-3-7/h4,7,21H,2-3,5H2,1H3,(H,16,17)/t11-/m1/s1. The normalized spacial score (nSPS) is 26.1. The van der Waals surface area contributed by atoms with E-state index in [1.807, 2.05) is 0 Å². The van der Waals surface area contributed by atoms with Crippen molar-refractivity contribution >= 4 is 11.6 Å². The second-order valence-electron chi connectivity index (χ2n) is 5.43. The van der Waals surface area contributed by atoms with Gasteiger partial charge in [-0.1, -0.05) is 0 Å². The van der Waals surface area contributed by atoms with Crippen molar-refractivity contribution in [1.29, 1.82) is 0 Å². The molecule has 1 amide bonds. The van der Waals surface area contributed by atoms with Crippen LogP contribution < -0.4 is 0 Å². The fourth-order valence-corrected chi connectivity index (χ4v) is 2.31. The fourth-order valence-electron chi connectivity index (χ4n) is 2.31. The van der Waals surface area contributed by atoms with Gasteiger partial charge >= 0.3 is 6.18 Å². The average Bonchev–Trinajstić information content (AvgIpc) is 3.01. The molecule has 114 valence electrons. The number of nitrogens with one attached hydrogen (secondary N) is 1. The highest BCUT2D eigenvalue weighted by Gasteiger charge is 2.63. The van der Waals surface area contributed by atoms with Crippen molar-refractivity contribution in [2.75, 3.05) is 0 Å². The van der Waals surface area contributed by atoms with E-state index in [4.69, 9.17) is 0 Å². The number of aromatic amines is 1. The van der Waals surface area contributed by atoms with Gasteiger partial charge in [0.05, 0.1) is 0 Å². The molecule has 1 fully saturated rings. The highest BCUT2D eigenvalue weighted by atomic mass is 19.4. The molecular formula is C12H13F3N4O2. The summed E-state index contributed by atoms with van der Waals surface area (Å²) in [5.74, 6) is -0.792. The molecule has 0 spiro atoms. The fraction of sp³-hybridized carbons (Fsp3) is 0.583. The zero-order valence-electron chi connectivity index (χ0n) is 11.1. The van der Waals surface area contributed by atoms with Crippen molar-refractivity contribution < 1.29 is 23.1 Å². The molecule has 0 saturated heterocycles. The largest absolute Gasteiger partial charge is 0.438 e. The molecule has 1 aliphatic heterocycles. The van der Waals surface area contributed by atoms with Crippen molar-refractivity contribution in [3.8, 4) is 0 Å². The molecule has 21 heavy (non-hydrogen) atoms. The summed E-state index contributed by atoms with van der Waals surface area (Å²) in [6, 6.07) is 1.42. The maximum Gasteiger partial charge on any atom is 0.438 e. The summed E-state index contributed by atoms with van der Waals surface area (Å²) in [5, 5.41) is 19.8. The summed E-state index contributed by atoms with van der Waals surface area (Å²) in [4.78, 5) is 12.2. The average molecular weight is 302 g/mol. The molecule has 1 aromatic heterocycles. The van der Waals surface area contributed by atoms with E-state index in [1.54, 1.807) is 0 Å². The van der Waals surface area contributed by atoms with Crippen LogP contribution in [0, 0.1) is 0 Å². The first-order valence-electron chi connectivity index (χ1n) is 6.45. The number of aliphatic hydroxyl groups is 1. The third kappa shape index (κ3) is 2.21. The van der Waals surface area contributed by atoms with Crippen LogP contribution in [0.25, 0.3) is 0 Å². The smallest absolute Gasteiger partial charge is 0.362 e. The molecule has 2 N–H and O–H groups in total. The zero-order valence-corrected chi connectivity index (χ0v) is 11.1. The van der Waals surface area contributed by atoms with E-state index in [-0.39, 0.29) is 22.3 Å². The molecule has 2 heterocycles. The van der Waals surface area contributed by atoms with Crippen molar-refractivity contribution in [2.24, 2.45) is 5.10 Å². The quantitative estimate of drug-likeness (QED) is 0.873. The van der Waals surface area contributed by atoms with Crippen LogP contribution in [0.3, 0.4) is 0 Å². The van der Waals surface area contributed by atoms with Crippen LogP contribution in [-0.4, -0.2) is 43.8 Å². The summed E-state index contributed by atoms with van der Waals surface area (Å²) in [5.41, 5.74) is -2.75. The molecule has 1 saturated carbocycles. The third-order valence-electron chi connectivity index (χ3n) is 3.60. The lowest BCUT2D eigenvalue weighted by Crippen LogP contribution is -2.56. The van der Waals surface area contributed by atoms with Gasteiger partial charge in [0.15, 0.2) is 5.69 Å². The molecule has 1 aromatic rings. The number of hydrogen-bond donors (Lipinski definition) is 2. The van der Waals surface area contributed by atoms with E-state index >= 15 is 0 Å². The summed E-state index contributed by atoms with van der Waals surface area (Å²) < 4.78 is 39.1. The first kappa shape index (κ1) is 14.1. The number of halogens is 3. The van der Waals surface area contributed by atoms with Gasteiger partial charge in [-0.3, -0.25) is 9.89 Å². The molecule has 1 aliphatic carbocycles. The van der Waals surface area contributed by atoms with Gasteiger partial charge in [0.1, 0.15) is 0 Å². The van der Waals surface area contributed by atoms with Crippen molar-refractivity contribution in [2.45, 2.75) is 44.0 Å². The molecule has 6 nitrogen and oxygen atoms in total. The van der Waals surface area contributed by atoms with E-state index in [1.165, 1.54) is 13.0 Å². The van der Waals surface area contributed by atoms with Gasteiger partial charge in [-0.15, -0.1) is 0 Å². The van der Waals surface area contributed by atoms with E-state index in [0.29, 0.717) is 5.69 Å². The molecule has 1 atom stereocenters. The van der Waals surface area contributed by atoms with Crippen molar-refractivity contribution in [1.82, 2.24) is 15.2 Å². The Balaban J connectivity index is 1.90. The summed E-state index contributed by atoms with van der Waals surface area (Å²) in [6.07, 6.45) is -3.84. The molecule has 0 unspecified atom stereocenters. The molecular weight excluding hydrogens is 289 g/mol. The van der Waals surface area contributed by atoms with Crippen LogP contribution >= 0.6 is 0 Å². The number of carbonyl (C=O) groups is 1. The van der Waals surface area contributed by atoms with Crippen LogP contribution in [0.15, 0.2) is 11.2 Å². The third-order valence-corrected chi connectivity index (χ3v) is 3.60. The number of H-pyrrole nitrogens is 1. The minimum atomic E-state index is -5.00. The number of hydrogen-bond acceptors (Lipinski definition) is 4. The Morgan fingerprint density at radius 3 is 2.76 bits per heavy atom. The minimum absolute atomic E-state index is 0.0288. The topological polar surface area (TPSA) is 81.6 Å². The number of aromatic nitrogens is 2. The summed E-state index contributed by atoms with van der Waals surface area (Å²) in [6.45, 7) is 1.32. The van der Waals surface area contributed by atoms with Gasteiger partial charge in [0.2, 0.25) is 0 Å². The van der Waals surface area contributed by atoms with Gasteiger partial charge in [-0.05, 0) is 25.8 Å². The molecule has 0 bridgehead atoms. The van der Waals surface area contributed by atoms with Crippen LogP contribution in [0.2, 0.25) is 0 Å². The number of carbonyl (C=O) groups excluding carboxylic acids is 1. The maximum atomic E-state index is 13.0. The number of nitrogens with zero attached hydrogens (tertiary/aromatic N) is 3. The Hall–Kier alpha value is -1.90. The van der Waals surface area contributed by atoms with Crippen LogP contribution in [0.1, 0.15) is 48.3 Å². The number of amides is 1. The van der Waals surface area contributed by atoms with Crippen molar-refractivity contribution in [3.63, 3.8) is 0 Å². The van der Waals surface area contributed by atoms with Gasteiger partial charge in [-0.25, -0.2) is 0 Å². The van der Waals surface area contributed by atoms with Gasteiger partial charge in [0.25, 0.3) is 11.6 Å². The number of alkyl halides is 3. The Bertz CT molecular complexity index is 620. The van der Waals surface area contributed by atoms with E-state index in [9.17, 15) is 23.1 Å². The predicted molar refractivity (Wildman–Crippen MR) is 65.5 cm³/mol. The highest BCUT2D eigenvalue weighted by Crippen LogP contribution is 2.42. The SMILES string of the molecule is CC1=NN(C(=O)c2cc(C3CC3)[nH]n2)[C@](O)(C(F)(F)F)C1. The monoisotopic (exact) mass is 302 g/mol. The Morgan fingerprint density at radius 1 is 1.52 bits per heavy atom. The van der Waals surface area contributed by atoms with Gasteiger partial charge in [-0.2, -0.15) is 28.4 Å². The van der Waals surface area contributed by atoms with E-state index in [0.717, 1.165) is 12.8 Å². The minimum Gasteiger partial charge on any atom is -0.362 e. The lowest BCUT2D eigenvalue weighted by Gasteiger charge is -2.32. The van der Waals surface area contributed by atoms with Crippen molar-refractivity contribution in [3.05, 3.63) is 17.5 Å². The lowest BCUT2D eigenvalue weighted by molar-refractivity contribution is -0.297. The summed E-state index contributed by atoms with van der Waals surface area (Å²) >= 11 is 0. The predicted octanol–water partition coefficient (Wildman–Crippen LogP) is 1.76. The molecule has 2 aliphatic rings. The Morgan fingerprint density at radius 2 is 2.19 bits per heavy atom. The van der Waals surface area contributed by atoms with Crippen LogP contribution in [0.5, 0.6) is 0 Å². The lowest BCUT2D eigenvalue weighted by atomic mass is 10.1. The number of hydrazone groups is 1. The first-order chi connectivity index (χ1) is 9.72. The molecule has 9 heteroatoms. The second kappa shape index (κ2) is 4.30. The van der Waals surface area contributed by atoms with Crippen LogP contribution in [-0.2, 0) is 0 Å². The van der Waals surface area contributed by atoms with Crippen LogP contribution in [0.4, 0.5) is 13.2 Å². The Kier molecular flexibility index (Phi) is 2.88. The van der Waals surface area contributed by atoms with Gasteiger partial charge < -0.3 is 5.11 Å². The zero-order chi connectivity index (χ0) is 15.4. The molecule has 3 rings (SSSR count). The number of rotatable bonds is 2. The second-order valence-corrected chi connectivity index (χ2v) is 5.43. The maximum absolute atomic E-state index is 13.0. The highest BCUT2D eigenvalue weighted by molar-refractivity contribution is 5.96. The van der Waals surface area contributed by atoms with E-state index in [2.05, 4.69) is 15.3 Å². The summed E-state index contributed by atoms with van der Waals surface area (Å²) in [7, 11) is 0. The molecule has 0 radical (unpaired) electrons. The Labute approximate surface area is 117 Å². The van der Waals surface area contributed by atoms with E-state index < -0.39 is 24.2 Å². The molecule has 0 aromatic carbocycles. The first-order valence-corrected chi connectivity index (χ1v) is 6.45. The van der Waals surface area contributed by atoms with Gasteiger partial charge in [0, 0.05) is 23.7 Å².